The fraction of sp³-hybridized carbons (Fsp3) is 0.429. The van der Waals surface area contributed by atoms with E-state index in [-0.39, 0.29) is 0 Å². The van der Waals surface area contributed by atoms with Crippen LogP contribution in [0, 0.1) is 0 Å². The van der Waals surface area contributed by atoms with Crippen molar-refractivity contribution < 1.29 is 14.2 Å². The standard InChI is InChI=1S/C21H26BrClN2O3/c1-3-27-20-11-15(17(22)13-21(20)28-4-2)14-24-16-5-6-19(18(23)12-16)25-7-9-26-10-8-25/h5-6,11-13,24H,3-4,7-10,14H2,1-2H3. The quantitative estimate of drug-likeness (QED) is 0.564. The summed E-state index contributed by atoms with van der Waals surface area (Å²) in [6.45, 7) is 8.97. The van der Waals surface area contributed by atoms with Gasteiger partial charge in [-0.25, -0.2) is 0 Å². The van der Waals surface area contributed by atoms with Crippen LogP contribution in [-0.4, -0.2) is 39.5 Å². The zero-order valence-electron chi connectivity index (χ0n) is 16.3. The molecule has 5 nitrogen and oxygen atoms in total. The monoisotopic (exact) mass is 468 g/mol. The maximum absolute atomic E-state index is 6.53. The molecule has 0 atom stereocenters. The van der Waals surface area contributed by atoms with Gasteiger partial charge in [-0.3, -0.25) is 0 Å². The molecule has 0 aromatic heterocycles. The number of morpholine rings is 1. The third-order valence-corrected chi connectivity index (χ3v) is 5.54. The molecule has 1 fully saturated rings. The Kier molecular flexibility index (Phi) is 7.71. The minimum absolute atomic E-state index is 0.590. The molecule has 7 heteroatoms. The summed E-state index contributed by atoms with van der Waals surface area (Å²) in [4.78, 5) is 2.26. The van der Waals surface area contributed by atoms with Gasteiger partial charge >= 0.3 is 0 Å². The Morgan fingerprint density at radius 1 is 1.07 bits per heavy atom. The predicted octanol–water partition coefficient (Wildman–Crippen LogP) is 5.35. The third kappa shape index (κ3) is 5.25. The number of hydrogen-bond donors (Lipinski definition) is 1. The third-order valence-electron chi connectivity index (χ3n) is 4.49. The second-order valence-corrected chi connectivity index (χ2v) is 7.64. The lowest BCUT2D eigenvalue weighted by Crippen LogP contribution is -2.36. The molecule has 3 rings (SSSR count). The van der Waals surface area contributed by atoms with Gasteiger partial charge in [-0.05, 0) is 49.7 Å². The van der Waals surface area contributed by atoms with Gasteiger partial charge in [-0.1, -0.05) is 27.5 Å². The summed E-state index contributed by atoms with van der Waals surface area (Å²) < 4.78 is 17.8. The highest BCUT2D eigenvalue weighted by Gasteiger charge is 2.15. The van der Waals surface area contributed by atoms with Crippen LogP contribution in [-0.2, 0) is 11.3 Å². The summed E-state index contributed by atoms with van der Waals surface area (Å²) in [5, 5.41) is 4.18. The van der Waals surface area contributed by atoms with Crippen LogP contribution >= 0.6 is 27.5 Å². The number of halogens is 2. The van der Waals surface area contributed by atoms with Crippen LogP contribution < -0.4 is 19.7 Å². The van der Waals surface area contributed by atoms with Crippen molar-refractivity contribution in [2.75, 3.05) is 49.7 Å². The van der Waals surface area contributed by atoms with E-state index in [4.69, 9.17) is 25.8 Å². The molecule has 28 heavy (non-hydrogen) atoms. The number of benzene rings is 2. The molecule has 0 bridgehead atoms. The summed E-state index contributed by atoms with van der Waals surface area (Å²) in [5.74, 6) is 1.50. The van der Waals surface area contributed by atoms with E-state index >= 15 is 0 Å². The van der Waals surface area contributed by atoms with Crippen LogP contribution in [0.5, 0.6) is 11.5 Å². The average molecular weight is 470 g/mol. The number of rotatable bonds is 8. The predicted molar refractivity (Wildman–Crippen MR) is 118 cm³/mol. The Bertz CT molecular complexity index is 797. The van der Waals surface area contributed by atoms with Gasteiger partial charge in [-0.15, -0.1) is 0 Å². The first-order chi connectivity index (χ1) is 13.6. The number of hydrogen-bond acceptors (Lipinski definition) is 5. The molecule has 0 amide bonds. The molecule has 0 aliphatic carbocycles. The Morgan fingerprint density at radius 2 is 1.75 bits per heavy atom. The first kappa shape index (κ1) is 21.1. The smallest absolute Gasteiger partial charge is 0.162 e. The molecule has 1 heterocycles. The van der Waals surface area contributed by atoms with E-state index in [0.717, 1.165) is 64.2 Å². The molecule has 0 unspecified atom stereocenters. The second-order valence-electron chi connectivity index (χ2n) is 6.38. The first-order valence-corrected chi connectivity index (χ1v) is 10.7. The normalized spacial score (nSPS) is 14.1. The fourth-order valence-electron chi connectivity index (χ4n) is 3.12. The van der Waals surface area contributed by atoms with Gasteiger partial charge in [0.1, 0.15) is 0 Å². The van der Waals surface area contributed by atoms with Crippen molar-refractivity contribution in [2.24, 2.45) is 0 Å². The van der Waals surface area contributed by atoms with Gasteiger partial charge in [0.2, 0.25) is 0 Å². The van der Waals surface area contributed by atoms with E-state index in [1.807, 2.05) is 32.0 Å². The molecule has 1 saturated heterocycles. The van der Waals surface area contributed by atoms with E-state index in [1.54, 1.807) is 0 Å². The summed E-state index contributed by atoms with van der Waals surface area (Å²) >= 11 is 10.2. The Balaban J connectivity index is 1.71. The van der Waals surface area contributed by atoms with Gasteiger partial charge in [-0.2, -0.15) is 0 Å². The zero-order valence-corrected chi connectivity index (χ0v) is 18.6. The topological polar surface area (TPSA) is 43.0 Å². The lowest BCUT2D eigenvalue weighted by atomic mass is 10.2. The Labute approximate surface area is 180 Å². The Morgan fingerprint density at radius 3 is 2.39 bits per heavy atom. The highest BCUT2D eigenvalue weighted by atomic mass is 79.9. The van der Waals surface area contributed by atoms with Gasteiger partial charge < -0.3 is 24.4 Å². The highest BCUT2D eigenvalue weighted by Crippen LogP contribution is 2.35. The van der Waals surface area contributed by atoms with Crippen LogP contribution in [0.1, 0.15) is 19.4 Å². The molecule has 152 valence electrons. The molecule has 0 saturated carbocycles. The largest absolute Gasteiger partial charge is 0.490 e. The molecular formula is C21H26BrClN2O3. The number of anilines is 2. The minimum Gasteiger partial charge on any atom is -0.490 e. The molecule has 2 aromatic rings. The molecule has 1 aliphatic rings. The summed E-state index contributed by atoms with van der Waals surface area (Å²) in [5.41, 5.74) is 3.11. The van der Waals surface area contributed by atoms with Crippen LogP contribution in [0.2, 0.25) is 5.02 Å². The number of ether oxygens (including phenoxy) is 3. The lowest BCUT2D eigenvalue weighted by Gasteiger charge is -2.29. The lowest BCUT2D eigenvalue weighted by molar-refractivity contribution is 0.122. The number of nitrogens with one attached hydrogen (secondary N) is 1. The summed E-state index contributed by atoms with van der Waals surface area (Å²) in [6, 6.07) is 10.1. The zero-order chi connectivity index (χ0) is 19.9. The maximum atomic E-state index is 6.53. The highest BCUT2D eigenvalue weighted by molar-refractivity contribution is 9.10. The van der Waals surface area contributed by atoms with Gasteiger partial charge in [0.25, 0.3) is 0 Å². The summed E-state index contributed by atoms with van der Waals surface area (Å²) in [6.07, 6.45) is 0. The van der Waals surface area contributed by atoms with Crippen molar-refractivity contribution in [2.45, 2.75) is 20.4 Å². The fourth-order valence-corrected chi connectivity index (χ4v) is 3.89. The minimum atomic E-state index is 0.590. The second kappa shape index (κ2) is 10.2. The van der Waals surface area contributed by atoms with Crippen LogP contribution in [0.3, 0.4) is 0 Å². The molecule has 1 N–H and O–H groups in total. The van der Waals surface area contributed by atoms with Crippen LogP contribution in [0.15, 0.2) is 34.8 Å². The SMILES string of the molecule is CCOc1cc(Br)c(CNc2ccc(N3CCOCC3)c(Cl)c2)cc1OCC. The molecule has 1 aliphatic heterocycles. The van der Waals surface area contributed by atoms with Crippen molar-refractivity contribution in [3.05, 3.63) is 45.4 Å². The molecule has 0 radical (unpaired) electrons. The van der Waals surface area contributed by atoms with E-state index in [2.05, 4.69) is 38.3 Å². The Hall–Kier alpha value is -1.63. The van der Waals surface area contributed by atoms with Gasteiger partial charge in [0.15, 0.2) is 11.5 Å². The van der Waals surface area contributed by atoms with Crippen LogP contribution in [0.25, 0.3) is 0 Å². The van der Waals surface area contributed by atoms with Crippen LogP contribution in [0.4, 0.5) is 11.4 Å². The number of nitrogens with zero attached hydrogens (tertiary/aromatic N) is 1. The van der Waals surface area contributed by atoms with E-state index < -0.39 is 0 Å². The average Bonchev–Trinajstić information content (AvgIpc) is 2.70. The van der Waals surface area contributed by atoms with Crippen molar-refractivity contribution in [1.29, 1.82) is 0 Å². The maximum Gasteiger partial charge on any atom is 0.162 e. The van der Waals surface area contributed by atoms with Crippen molar-refractivity contribution in [3.63, 3.8) is 0 Å². The first-order valence-electron chi connectivity index (χ1n) is 9.56. The molecule has 0 spiro atoms. The van der Waals surface area contributed by atoms with E-state index in [1.165, 1.54) is 0 Å². The summed E-state index contributed by atoms with van der Waals surface area (Å²) in [7, 11) is 0. The molecule has 2 aromatic carbocycles. The van der Waals surface area contributed by atoms with Crippen molar-refractivity contribution in [3.8, 4) is 11.5 Å². The van der Waals surface area contributed by atoms with Gasteiger partial charge in [0, 0.05) is 29.8 Å². The van der Waals surface area contributed by atoms with E-state index in [0.29, 0.717) is 19.8 Å². The molecular weight excluding hydrogens is 444 g/mol. The van der Waals surface area contributed by atoms with E-state index in [9.17, 15) is 0 Å². The van der Waals surface area contributed by atoms with Gasteiger partial charge in [0.05, 0.1) is 37.1 Å². The van der Waals surface area contributed by atoms with Crippen molar-refractivity contribution in [1.82, 2.24) is 0 Å². The van der Waals surface area contributed by atoms with Crippen molar-refractivity contribution >= 4 is 38.9 Å².